The summed E-state index contributed by atoms with van der Waals surface area (Å²) in [6, 6.07) is 4.86. The average molecular weight is 261 g/mol. The first-order valence-electron chi connectivity index (χ1n) is 4.48. The third-order valence-electron chi connectivity index (χ3n) is 1.87. The Morgan fingerprint density at radius 1 is 1.44 bits per heavy atom. The highest BCUT2D eigenvalue weighted by molar-refractivity contribution is 6.42. The molecule has 0 aromatic heterocycles. The van der Waals surface area contributed by atoms with E-state index in [1.54, 1.807) is 18.2 Å². The van der Waals surface area contributed by atoms with Crippen LogP contribution in [0, 0.1) is 0 Å². The van der Waals surface area contributed by atoms with Crippen LogP contribution in [0.5, 0.6) is 5.75 Å². The van der Waals surface area contributed by atoms with Crippen molar-refractivity contribution in [3.05, 3.63) is 39.9 Å². The van der Waals surface area contributed by atoms with E-state index in [2.05, 4.69) is 0 Å². The fraction of sp³-hybridized carbons (Fsp3) is 0.182. The monoisotopic (exact) mass is 260 g/mol. The molecule has 0 aliphatic heterocycles. The largest absolute Gasteiger partial charge is 0.489 e. The van der Waals surface area contributed by atoms with Crippen LogP contribution in [0.2, 0.25) is 10.0 Å². The Bertz CT molecular complexity index is 427. The lowest BCUT2D eigenvalue weighted by molar-refractivity contribution is -0.132. The molecule has 1 aromatic rings. The summed E-state index contributed by atoms with van der Waals surface area (Å²) in [6.45, 7) is 1.68. The average Bonchev–Trinajstić information content (AvgIpc) is 2.23. The Kier molecular flexibility index (Phi) is 4.65. The number of halogens is 2. The van der Waals surface area contributed by atoms with Gasteiger partial charge in [0.1, 0.15) is 12.4 Å². The highest BCUT2D eigenvalue weighted by Gasteiger charge is 2.01. The summed E-state index contributed by atoms with van der Waals surface area (Å²) in [5.41, 5.74) is 0.236. The summed E-state index contributed by atoms with van der Waals surface area (Å²) in [7, 11) is 0. The van der Waals surface area contributed by atoms with Gasteiger partial charge in [-0.2, -0.15) is 0 Å². The van der Waals surface area contributed by atoms with Crippen LogP contribution in [0.25, 0.3) is 0 Å². The second-order valence-corrected chi connectivity index (χ2v) is 3.89. The standard InChI is InChI=1S/C11H10Cl2O3/c1-7(11(14)15)4-5-16-8-2-3-9(12)10(13)6-8/h2-4,6H,5H2,1H3,(H,14,15). The highest BCUT2D eigenvalue weighted by Crippen LogP contribution is 2.26. The molecule has 0 aliphatic rings. The van der Waals surface area contributed by atoms with Crippen molar-refractivity contribution in [2.75, 3.05) is 6.61 Å². The maximum absolute atomic E-state index is 10.5. The third kappa shape index (κ3) is 3.76. The summed E-state index contributed by atoms with van der Waals surface area (Å²) in [5.74, 6) is -0.415. The molecule has 0 fully saturated rings. The molecule has 0 atom stereocenters. The minimum absolute atomic E-state index is 0.177. The Labute approximate surface area is 103 Å². The fourth-order valence-electron chi connectivity index (χ4n) is 0.917. The predicted octanol–water partition coefficient (Wildman–Crippen LogP) is 3.40. The lowest BCUT2D eigenvalue weighted by Crippen LogP contribution is -2.00. The van der Waals surface area contributed by atoms with Gasteiger partial charge in [0.2, 0.25) is 0 Å². The fourth-order valence-corrected chi connectivity index (χ4v) is 1.20. The number of carboxylic acids is 1. The van der Waals surface area contributed by atoms with Gasteiger partial charge in [-0.3, -0.25) is 0 Å². The number of aliphatic carboxylic acids is 1. The van der Waals surface area contributed by atoms with E-state index in [1.807, 2.05) is 0 Å². The summed E-state index contributed by atoms with van der Waals surface area (Å²) in [6.07, 6.45) is 1.48. The Hall–Kier alpha value is -1.19. The van der Waals surface area contributed by atoms with Gasteiger partial charge in [-0.25, -0.2) is 4.79 Å². The first kappa shape index (κ1) is 12.9. The van der Waals surface area contributed by atoms with Crippen molar-refractivity contribution in [1.82, 2.24) is 0 Å². The molecule has 0 unspecified atom stereocenters. The Balaban J connectivity index is 2.59. The third-order valence-corrected chi connectivity index (χ3v) is 2.61. The molecular formula is C11H10Cl2O3. The van der Waals surface area contributed by atoms with Crippen LogP contribution in [0.15, 0.2) is 29.8 Å². The summed E-state index contributed by atoms with van der Waals surface area (Å²) in [5, 5.41) is 9.45. The van der Waals surface area contributed by atoms with Crippen LogP contribution in [0.3, 0.4) is 0 Å². The zero-order valence-corrected chi connectivity index (χ0v) is 10.0. The maximum Gasteiger partial charge on any atom is 0.331 e. The minimum Gasteiger partial charge on any atom is -0.489 e. The predicted molar refractivity (Wildman–Crippen MR) is 63.3 cm³/mol. The van der Waals surface area contributed by atoms with Crippen LogP contribution in [-0.2, 0) is 4.79 Å². The number of benzene rings is 1. The number of hydrogen-bond donors (Lipinski definition) is 1. The molecule has 0 saturated carbocycles. The van der Waals surface area contributed by atoms with Gasteiger partial charge >= 0.3 is 5.97 Å². The lowest BCUT2D eigenvalue weighted by Gasteiger charge is -2.04. The van der Waals surface area contributed by atoms with Gasteiger partial charge in [-0.1, -0.05) is 23.2 Å². The molecular weight excluding hydrogens is 251 g/mol. The minimum atomic E-state index is -0.960. The summed E-state index contributed by atoms with van der Waals surface area (Å²) < 4.78 is 5.28. The second kappa shape index (κ2) is 5.77. The van der Waals surface area contributed by atoms with E-state index >= 15 is 0 Å². The second-order valence-electron chi connectivity index (χ2n) is 3.08. The molecule has 0 spiro atoms. The molecule has 5 heteroatoms. The van der Waals surface area contributed by atoms with Gasteiger partial charge in [0, 0.05) is 11.6 Å². The van der Waals surface area contributed by atoms with E-state index in [0.717, 1.165) is 0 Å². The van der Waals surface area contributed by atoms with Gasteiger partial charge < -0.3 is 9.84 Å². The molecule has 1 aromatic carbocycles. The van der Waals surface area contributed by atoms with E-state index in [9.17, 15) is 4.79 Å². The van der Waals surface area contributed by atoms with Crippen molar-refractivity contribution in [1.29, 1.82) is 0 Å². The normalized spacial score (nSPS) is 11.3. The molecule has 3 nitrogen and oxygen atoms in total. The summed E-state index contributed by atoms with van der Waals surface area (Å²) >= 11 is 11.5. The number of hydrogen-bond acceptors (Lipinski definition) is 2. The molecule has 0 saturated heterocycles. The smallest absolute Gasteiger partial charge is 0.331 e. The topological polar surface area (TPSA) is 46.5 Å². The quantitative estimate of drug-likeness (QED) is 0.845. The van der Waals surface area contributed by atoms with E-state index in [-0.39, 0.29) is 12.2 Å². The molecule has 1 N–H and O–H groups in total. The van der Waals surface area contributed by atoms with E-state index in [1.165, 1.54) is 13.0 Å². The van der Waals surface area contributed by atoms with Crippen molar-refractivity contribution in [3.8, 4) is 5.75 Å². The maximum atomic E-state index is 10.5. The van der Waals surface area contributed by atoms with Crippen molar-refractivity contribution in [3.63, 3.8) is 0 Å². The summed E-state index contributed by atoms with van der Waals surface area (Å²) in [4.78, 5) is 10.5. The number of rotatable bonds is 4. The SMILES string of the molecule is CC(=CCOc1ccc(Cl)c(Cl)c1)C(=O)O. The molecule has 1 rings (SSSR count). The van der Waals surface area contributed by atoms with Crippen LogP contribution < -0.4 is 4.74 Å². The number of carbonyl (C=O) groups is 1. The first-order chi connectivity index (χ1) is 7.50. The van der Waals surface area contributed by atoms with E-state index in [4.69, 9.17) is 33.0 Å². The molecule has 0 amide bonds. The van der Waals surface area contributed by atoms with Gasteiger partial charge in [-0.05, 0) is 25.1 Å². The van der Waals surface area contributed by atoms with Crippen LogP contribution >= 0.6 is 23.2 Å². The van der Waals surface area contributed by atoms with Gasteiger partial charge in [0.05, 0.1) is 10.0 Å². The van der Waals surface area contributed by atoms with Crippen LogP contribution in [0.1, 0.15) is 6.92 Å². The number of carboxylic acid groups (broad SMARTS) is 1. The Morgan fingerprint density at radius 2 is 2.12 bits per heavy atom. The Morgan fingerprint density at radius 3 is 2.69 bits per heavy atom. The molecule has 86 valence electrons. The van der Waals surface area contributed by atoms with Crippen LogP contribution in [0.4, 0.5) is 0 Å². The molecule has 0 bridgehead atoms. The lowest BCUT2D eigenvalue weighted by atomic mass is 10.3. The van der Waals surface area contributed by atoms with Crippen molar-refractivity contribution in [2.24, 2.45) is 0 Å². The van der Waals surface area contributed by atoms with Crippen LogP contribution in [-0.4, -0.2) is 17.7 Å². The first-order valence-corrected chi connectivity index (χ1v) is 5.24. The highest BCUT2D eigenvalue weighted by atomic mass is 35.5. The van der Waals surface area contributed by atoms with E-state index < -0.39 is 5.97 Å². The zero-order valence-electron chi connectivity index (χ0n) is 8.54. The van der Waals surface area contributed by atoms with Crippen molar-refractivity contribution >= 4 is 29.2 Å². The molecule has 0 heterocycles. The van der Waals surface area contributed by atoms with Gasteiger partial charge in [0.25, 0.3) is 0 Å². The molecule has 0 radical (unpaired) electrons. The van der Waals surface area contributed by atoms with E-state index in [0.29, 0.717) is 15.8 Å². The van der Waals surface area contributed by atoms with Gasteiger partial charge in [0.15, 0.2) is 0 Å². The molecule has 16 heavy (non-hydrogen) atoms. The zero-order chi connectivity index (χ0) is 12.1. The van der Waals surface area contributed by atoms with Gasteiger partial charge in [-0.15, -0.1) is 0 Å². The van der Waals surface area contributed by atoms with Crippen molar-refractivity contribution < 1.29 is 14.6 Å². The molecule has 0 aliphatic carbocycles. The number of ether oxygens (including phenoxy) is 1. The van der Waals surface area contributed by atoms with Crippen molar-refractivity contribution in [2.45, 2.75) is 6.92 Å².